The number of amides is 2. The van der Waals surface area contributed by atoms with E-state index in [2.05, 4.69) is 10.6 Å². The molecule has 0 aromatic heterocycles. The highest BCUT2D eigenvalue weighted by Gasteiger charge is 2.16. The summed E-state index contributed by atoms with van der Waals surface area (Å²) in [5.74, 6) is -0.0847. The van der Waals surface area contributed by atoms with Crippen molar-refractivity contribution in [2.24, 2.45) is 0 Å². The third-order valence-corrected chi connectivity index (χ3v) is 3.01. The van der Waals surface area contributed by atoms with E-state index in [4.69, 9.17) is 9.47 Å². The zero-order chi connectivity index (χ0) is 14.4. The number of hydrogen-bond acceptors (Lipinski definition) is 3. The lowest BCUT2D eigenvalue weighted by Crippen LogP contribution is -2.35. The minimum absolute atomic E-state index is 0.0836. The Morgan fingerprint density at radius 2 is 2.40 bits per heavy atom. The molecule has 0 bridgehead atoms. The van der Waals surface area contributed by atoms with E-state index in [9.17, 15) is 9.18 Å². The van der Waals surface area contributed by atoms with E-state index in [1.807, 2.05) is 0 Å². The van der Waals surface area contributed by atoms with Gasteiger partial charge in [-0.2, -0.15) is 0 Å². The summed E-state index contributed by atoms with van der Waals surface area (Å²) in [5, 5.41) is 5.38. The van der Waals surface area contributed by atoms with Gasteiger partial charge in [-0.25, -0.2) is 9.18 Å². The standard InChI is InChI=1S/C14H19FN2O3/c1-2-19-13-8-10(15)5-6-12(13)17-14(18)16-9-11-4-3-7-20-11/h5-6,8,11H,2-4,7,9H2,1H3,(H2,16,17,18). The molecule has 1 aromatic carbocycles. The molecule has 1 heterocycles. The lowest BCUT2D eigenvalue weighted by molar-refractivity contribution is 0.112. The molecule has 2 rings (SSSR count). The lowest BCUT2D eigenvalue weighted by Gasteiger charge is -2.14. The molecule has 1 fully saturated rings. The molecule has 1 aliphatic rings. The number of anilines is 1. The van der Waals surface area contributed by atoms with E-state index in [0.29, 0.717) is 24.6 Å². The summed E-state index contributed by atoms with van der Waals surface area (Å²) in [6, 6.07) is 3.65. The second-order valence-electron chi connectivity index (χ2n) is 4.54. The van der Waals surface area contributed by atoms with Gasteiger partial charge >= 0.3 is 6.03 Å². The van der Waals surface area contributed by atoms with E-state index < -0.39 is 5.82 Å². The number of nitrogens with one attached hydrogen (secondary N) is 2. The Morgan fingerprint density at radius 1 is 1.55 bits per heavy atom. The van der Waals surface area contributed by atoms with Gasteiger partial charge in [0.2, 0.25) is 0 Å². The number of urea groups is 1. The molecule has 1 saturated heterocycles. The first kappa shape index (κ1) is 14.6. The fourth-order valence-corrected chi connectivity index (χ4v) is 2.05. The largest absolute Gasteiger partial charge is 0.492 e. The molecule has 6 heteroatoms. The van der Waals surface area contributed by atoms with Crippen molar-refractivity contribution in [3.05, 3.63) is 24.0 Å². The number of halogens is 1. The maximum atomic E-state index is 13.1. The SMILES string of the molecule is CCOc1cc(F)ccc1NC(=O)NCC1CCCO1. The molecule has 20 heavy (non-hydrogen) atoms. The number of benzene rings is 1. The molecular weight excluding hydrogens is 263 g/mol. The molecule has 1 atom stereocenters. The maximum absolute atomic E-state index is 13.1. The third kappa shape index (κ3) is 4.09. The van der Waals surface area contributed by atoms with E-state index in [-0.39, 0.29) is 12.1 Å². The molecular formula is C14H19FN2O3. The van der Waals surface area contributed by atoms with Gasteiger partial charge in [-0.05, 0) is 31.9 Å². The van der Waals surface area contributed by atoms with Gasteiger partial charge in [-0.15, -0.1) is 0 Å². The van der Waals surface area contributed by atoms with Gasteiger partial charge < -0.3 is 20.1 Å². The van der Waals surface area contributed by atoms with E-state index >= 15 is 0 Å². The quantitative estimate of drug-likeness (QED) is 0.872. The lowest BCUT2D eigenvalue weighted by atomic mass is 10.2. The van der Waals surface area contributed by atoms with Crippen molar-refractivity contribution in [1.29, 1.82) is 0 Å². The average Bonchev–Trinajstić information content (AvgIpc) is 2.93. The normalized spacial score (nSPS) is 17.8. The van der Waals surface area contributed by atoms with Crippen LogP contribution in [0.15, 0.2) is 18.2 Å². The highest BCUT2D eigenvalue weighted by atomic mass is 19.1. The van der Waals surface area contributed by atoms with Crippen molar-refractivity contribution < 1.29 is 18.7 Å². The Hall–Kier alpha value is -1.82. The van der Waals surface area contributed by atoms with Gasteiger partial charge in [-0.1, -0.05) is 0 Å². The van der Waals surface area contributed by atoms with Gasteiger partial charge in [0.15, 0.2) is 0 Å². The first-order chi connectivity index (χ1) is 9.69. The van der Waals surface area contributed by atoms with Crippen molar-refractivity contribution in [1.82, 2.24) is 5.32 Å². The Morgan fingerprint density at radius 3 is 3.10 bits per heavy atom. The molecule has 1 aliphatic heterocycles. The summed E-state index contributed by atoms with van der Waals surface area (Å²) in [5.41, 5.74) is 0.443. The van der Waals surface area contributed by atoms with Crippen LogP contribution in [0.3, 0.4) is 0 Å². The first-order valence-electron chi connectivity index (χ1n) is 6.78. The van der Waals surface area contributed by atoms with Gasteiger partial charge in [0, 0.05) is 19.2 Å². The summed E-state index contributed by atoms with van der Waals surface area (Å²) in [6.45, 7) is 3.42. The Bertz CT molecular complexity index is 462. The molecule has 1 unspecified atom stereocenters. The van der Waals surface area contributed by atoms with Gasteiger partial charge in [-0.3, -0.25) is 0 Å². The Labute approximate surface area is 117 Å². The van der Waals surface area contributed by atoms with Crippen LogP contribution >= 0.6 is 0 Å². The zero-order valence-corrected chi connectivity index (χ0v) is 11.4. The van der Waals surface area contributed by atoms with E-state index in [0.717, 1.165) is 19.4 Å². The van der Waals surface area contributed by atoms with Gasteiger partial charge in [0.05, 0.1) is 18.4 Å². The Balaban J connectivity index is 1.89. The number of carbonyl (C=O) groups excluding carboxylic acids is 1. The molecule has 0 spiro atoms. The van der Waals surface area contributed by atoms with Crippen LogP contribution in [0.2, 0.25) is 0 Å². The molecule has 2 amide bonds. The molecule has 110 valence electrons. The zero-order valence-electron chi connectivity index (χ0n) is 11.4. The number of rotatable bonds is 5. The summed E-state index contributed by atoms with van der Waals surface area (Å²) in [7, 11) is 0. The van der Waals surface area contributed by atoms with Crippen LogP contribution in [-0.2, 0) is 4.74 Å². The minimum Gasteiger partial charge on any atom is -0.492 e. The van der Waals surface area contributed by atoms with Crippen LogP contribution in [0.25, 0.3) is 0 Å². The maximum Gasteiger partial charge on any atom is 0.319 e. The smallest absolute Gasteiger partial charge is 0.319 e. The molecule has 0 saturated carbocycles. The molecule has 2 N–H and O–H groups in total. The van der Waals surface area contributed by atoms with Crippen LogP contribution in [0, 0.1) is 5.82 Å². The summed E-state index contributed by atoms with van der Waals surface area (Å²) in [6.07, 6.45) is 2.07. The van der Waals surface area contributed by atoms with Crippen molar-refractivity contribution in [2.75, 3.05) is 25.1 Å². The van der Waals surface area contributed by atoms with Crippen LogP contribution in [0.5, 0.6) is 5.75 Å². The van der Waals surface area contributed by atoms with Crippen molar-refractivity contribution in [3.8, 4) is 5.75 Å². The second kappa shape index (κ2) is 7.09. The van der Waals surface area contributed by atoms with E-state index in [1.165, 1.54) is 18.2 Å². The summed E-state index contributed by atoms with van der Waals surface area (Å²) >= 11 is 0. The van der Waals surface area contributed by atoms with Crippen molar-refractivity contribution in [3.63, 3.8) is 0 Å². The summed E-state index contributed by atoms with van der Waals surface area (Å²) in [4.78, 5) is 11.8. The van der Waals surface area contributed by atoms with Crippen LogP contribution < -0.4 is 15.4 Å². The number of ether oxygens (including phenoxy) is 2. The fourth-order valence-electron chi connectivity index (χ4n) is 2.05. The second-order valence-corrected chi connectivity index (χ2v) is 4.54. The Kier molecular flexibility index (Phi) is 5.17. The van der Waals surface area contributed by atoms with Crippen LogP contribution in [0.4, 0.5) is 14.9 Å². The van der Waals surface area contributed by atoms with Crippen LogP contribution in [-0.4, -0.2) is 31.9 Å². The highest BCUT2D eigenvalue weighted by molar-refractivity contribution is 5.90. The monoisotopic (exact) mass is 282 g/mol. The van der Waals surface area contributed by atoms with Gasteiger partial charge in [0.25, 0.3) is 0 Å². The fraction of sp³-hybridized carbons (Fsp3) is 0.500. The highest BCUT2D eigenvalue weighted by Crippen LogP contribution is 2.25. The van der Waals surface area contributed by atoms with Crippen molar-refractivity contribution in [2.45, 2.75) is 25.9 Å². The molecule has 0 aliphatic carbocycles. The summed E-state index contributed by atoms with van der Waals surface area (Å²) < 4.78 is 23.8. The molecule has 5 nitrogen and oxygen atoms in total. The van der Waals surface area contributed by atoms with Gasteiger partial charge in [0.1, 0.15) is 11.6 Å². The third-order valence-electron chi connectivity index (χ3n) is 3.01. The average molecular weight is 282 g/mol. The minimum atomic E-state index is -0.404. The number of carbonyl (C=O) groups is 1. The number of hydrogen-bond donors (Lipinski definition) is 2. The first-order valence-corrected chi connectivity index (χ1v) is 6.78. The molecule has 0 radical (unpaired) electrons. The van der Waals surface area contributed by atoms with Crippen LogP contribution in [0.1, 0.15) is 19.8 Å². The predicted octanol–water partition coefficient (Wildman–Crippen LogP) is 2.52. The topological polar surface area (TPSA) is 59.6 Å². The predicted molar refractivity (Wildman–Crippen MR) is 73.6 cm³/mol. The van der Waals surface area contributed by atoms with E-state index in [1.54, 1.807) is 6.92 Å². The molecule has 1 aromatic rings. The van der Waals surface area contributed by atoms with Crippen molar-refractivity contribution >= 4 is 11.7 Å².